The molecule has 0 N–H and O–H groups in total. The van der Waals surface area contributed by atoms with Crippen LogP contribution in [-0.2, 0) is 11.3 Å². The summed E-state index contributed by atoms with van der Waals surface area (Å²) in [7, 11) is 0. The molecule has 0 unspecified atom stereocenters. The Kier molecular flexibility index (Phi) is 4.06. The molecule has 0 amide bonds. The van der Waals surface area contributed by atoms with Crippen molar-refractivity contribution in [2.45, 2.75) is 13.5 Å². The van der Waals surface area contributed by atoms with Gasteiger partial charge in [-0.3, -0.25) is 0 Å². The molecule has 0 aliphatic rings. The summed E-state index contributed by atoms with van der Waals surface area (Å²) in [4.78, 5) is 16.0. The smallest absolute Gasteiger partial charge is 0.360 e. The second-order valence-corrected chi connectivity index (χ2v) is 3.95. The number of ether oxygens (including phenoxy) is 1. The van der Waals surface area contributed by atoms with Crippen molar-refractivity contribution in [1.29, 1.82) is 0 Å². The zero-order chi connectivity index (χ0) is 13.8. The maximum Gasteiger partial charge on any atom is 0.360 e. The number of rotatable bonds is 4. The van der Waals surface area contributed by atoms with Crippen molar-refractivity contribution in [2.24, 2.45) is 0 Å². The number of esters is 1. The normalized spacial score (nSPS) is 10.5. The fourth-order valence-corrected chi connectivity index (χ4v) is 1.52. The number of hydrogen-bond acceptors (Lipinski definition) is 5. The molecule has 19 heavy (non-hydrogen) atoms. The van der Waals surface area contributed by atoms with Crippen LogP contribution >= 0.6 is 11.6 Å². The van der Waals surface area contributed by atoms with Crippen LogP contribution in [0.5, 0.6) is 0 Å². The molecule has 100 valence electrons. The summed E-state index contributed by atoms with van der Waals surface area (Å²) >= 11 is 5.55. The summed E-state index contributed by atoms with van der Waals surface area (Å²) in [5, 5.41) is 7.82. The molecule has 0 aliphatic carbocycles. The fourth-order valence-electron chi connectivity index (χ4n) is 1.38. The molecule has 0 saturated heterocycles. The summed E-state index contributed by atoms with van der Waals surface area (Å²) in [6.07, 6.45) is 1.26. The van der Waals surface area contributed by atoms with Gasteiger partial charge in [0.2, 0.25) is 5.95 Å². The molecule has 0 radical (unpaired) electrons. The monoisotopic (exact) mass is 284 g/mol. The molecule has 0 aliphatic heterocycles. The summed E-state index contributed by atoms with van der Waals surface area (Å²) in [6.45, 7) is 1.99. The minimum Gasteiger partial charge on any atom is -0.461 e. The molecule has 2 rings (SSSR count). The van der Waals surface area contributed by atoms with Crippen LogP contribution in [0.3, 0.4) is 0 Å². The zero-order valence-electron chi connectivity index (χ0n) is 10.0. The zero-order valence-corrected chi connectivity index (χ0v) is 10.8. The van der Waals surface area contributed by atoms with Crippen LogP contribution in [0.15, 0.2) is 18.3 Å². The third kappa shape index (κ3) is 3.25. The molecular weight excluding hydrogens is 275 g/mol. The molecular formula is C11H10ClFN4O2. The molecule has 2 aromatic heterocycles. The highest BCUT2D eigenvalue weighted by Gasteiger charge is 2.13. The van der Waals surface area contributed by atoms with Crippen molar-refractivity contribution in [1.82, 2.24) is 20.0 Å². The van der Waals surface area contributed by atoms with E-state index in [0.29, 0.717) is 0 Å². The maximum atomic E-state index is 13.5. The Morgan fingerprint density at radius 1 is 1.53 bits per heavy atom. The van der Waals surface area contributed by atoms with Crippen molar-refractivity contribution in [2.75, 3.05) is 6.61 Å². The van der Waals surface area contributed by atoms with Crippen molar-refractivity contribution in [3.8, 4) is 0 Å². The number of carbonyl (C=O) groups excluding carboxylic acids is 1. The van der Waals surface area contributed by atoms with Gasteiger partial charge in [0.05, 0.1) is 19.3 Å². The molecule has 2 aromatic rings. The summed E-state index contributed by atoms with van der Waals surface area (Å²) < 4.78 is 18.2. The van der Waals surface area contributed by atoms with E-state index in [9.17, 15) is 9.18 Å². The average molecular weight is 285 g/mol. The number of hydrogen-bond donors (Lipinski definition) is 0. The van der Waals surface area contributed by atoms with Crippen LogP contribution in [0.4, 0.5) is 4.39 Å². The van der Waals surface area contributed by atoms with Crippen molar-refractivity contribution in [3.63, 3.8) is 0 Å². The van der Waals surface area contributed by atoms with Gasteiger partial charge in [-0.25, -0.2) is 9.78 Å². The number of pyridine rings is 1. The topological polar surface area (TPSA) is 69.9 Å². The quantitative estimate of drug-likeness (QED) is 0.631. The third-order valence-electron chi connectivity index (χ3n) is 2.22. The highest BCUT2D eigenvalue weighted by Crippen LogP contribution is 2.11. The van der Waals surface area contributed by atoms with Crippen LogP contribution in [0.1, 0.15) is 23.0 Å². The molecule has 0 bridgehead atoms. The van der Waals surface area contributed by atoms with Gasteiger partial charge in [-0.1, -0.05) is 11.6 Å². The molecule has 6 nitrogen and oxygen atoms in total. The Morgan fingerprint density at radius 2 is 2.32 bits per heavy atom. The molecule has 0 atom stereocenters. The van der Waals surface area contributed by atoms with E-state index in [-0.39, 0.29) is 29.6 Å². The number of halogens is 2. The van der Waals surface area contributed by atoms with Gasteiger partial charge in [0.15, 0.2) is 5.69 Å². The lowest BCUT2D eigenvalue weighted by atomic mass is 10.3. The lowest BCUT2D eigenvalue weighted by Gasteiger charge is -2.01. The molecule has 8 heteroatoms. The van der Waals surface area contributed by atoms with E-state index in [2.05, 4.69) is 15.2 Å². The van der Waals surface area contributed by atoms with E-state index in [4.69, 9.17) is 16.3 Å². The van der Waals surface area contributed by atoms with Gasteiger partial charge in [-0.2, -0.15) is 14.3 Å². The van der Waals surface area contributed by atoms with Gasteiger partial charge >= 0.3 is 5.97 Å². The van der Waals surface area contributed by atoms with E-state index in [1.165, 1.54) is 23.1 Å². The fraction of sp³-hybridized carbons (Fsp3) is 0.273. The van der Waals surface area contributed by atoms with Crippen LogP contribution < -0.4 is 0 Å². The van der Waals surface area contributed by atoms with Gasteiger partial charge in [-0.05, 0) is 19.1 Å². The van der Waals surface area contributed by atoms with Crippen molar-refractivity contribution < 1.29 is 13.9 Å². The second-order valence-electron chi connectivity index (χ2n) is 3.56. The van der Waals surface area contributed by atoms with E-state index in [1.54, 1.807) is 6.92 Å². The summed E-state index contributed by atoms with van der Waals surface area (Å²) in [5.41, 5.74) is 0.347. The first-order valence-corrected chi connectivity index (χ1v) is 5.86. The third-order valence-corrected chi connectivity index (χ3v) is 2.44. The molecule has 0 aromatic carbocycles. The predicted octanol–water partition coefficient (Wildman–Crippen LogP) is 1.69. The number of aromatic nitrogens is 4. The Morgan fingerprint density at radius 3 is 3.00 bits per heavy atom. The maximum absolute atomic E-state index is 13.5. The summed E-state index contributed by atoms with van der Waals surface area (Å²) in [5.74, 6) is -1.26. The lowest BCUT2D eigenvalue weighted by molar-refractivity contribution is 0.0518. The first kappa shape index (κ1) is 13.4. The first-order chi connectivity index (χ1) is 9.10. The highest BCUT2D eigenvalue weighted by atomic mass is 35.5. The van der Waals surface area contributed by atoms with Crippen LogP contribution in [0.25, 0.3) is 0 Å². The molecule has 0 fully saturated rings. The Bertz CT molecular complexity index is 602. The SMILES string of the molecule is CCOC(=O)c1cnn(Cc2ccc(Cl)nc2F)n1. The molecule has 2 heterocycles. The van der Waals surface area contributed by atoms with Crippen molar-refractivity contribution in [3.05, 3.63) is 40.7 Å². The largest absolute Gasteiger partial charge is 0.461 e. The van der Waals surface area contributed by atoms with Crippen LogP contribution in [0, 0.1) is 5.95 Å². The number of carbonyl (C=O) groups is 1. The van der Waals surface area contributed by atoms with Gasteiger partial charge in [0.25, 0.3) is 0 Å². The first-order valence-electron chi connectivity index (χ1n) is 5.48. The van der Waals surface area contributed by atoms with Crippen LogP contribution in [0.2, 0.25) is 5.15 Å². The average Bonchev–Trinajstić information content (AvgIpc) is 2.82. The highest BCUT2D eigenvalue weighted by molar-refractivity contribution is 6.29. The molecule has 0 saturated carbocycles. The van der Waals surface area contributed by atoms with Crippen LogP contribution in [-0.4, -0.2) is 32.6 Å². The predicted molar refractivity (Wildman–Crippen MR) is 64.3 cm³/mol. The Balaban J connectivity index is 2.13. The van der Waals surface area contributed by atoms with Gasteiger partial charge in [0, 0.05) is 5.56 Å². The number of nitrogens with zero attached hydrogens (tertiary/aromatic N) is 4. The van der Waals surface area contributed by atoms with E-state index >= 15 is 0 Å². The Hall–Kier alpha value is -2.02. The van der Waals surface area contributed by atoms with Gasteiger partial charge < -0.3 is 4.74 Å². The summed E-state index contributed by atoms with van der Waals surface area (Å²) in [6, 6.07) is 2.95. The minimum atomic E-state index is -0.692. The minimum absolute atomic E-state index is 0.0510. The van der Waals surface area contributed by atoms with Gasteiger partial charge in [0.1, 0.15) is 5.15 Å². The standard InChI is InChI=1S/C11H10ClFN4O2/c1-2-19-11(18)8-5-14-17(16-8)6-7-3-4-9(12)15-10(7)13/h3-5H,2,6H2,1H3. The van der Waals surface area contributed by atoms with E-state index in [1.807, 2.05) is 0 Å². The van der Waals surface area contributed by atoms with Crippen molar-refractivity contribution >= 4 is 17.6 Å². The molecule has 0 spiro atoms. The van der Waals surface area contributed by atoms with E-state index < -0.39 is 11.9 Å². The second kappa shape index (κ2) is 5.75. The lowest BCUT2D eigenvalue weighted by Crippen LogP contribution is -2.09. The van der Waals surface area contributed by atoms with Gasteiger partial charge in [-0.15, -0.1) is 5.10 Å². The Labute approximate surface area is 113 Å². The van der Waals surface area contributed by atoms with E-state index in [0.717, 1.165) is 0 Å².